The van der Waals surface area contributed by atoms with Crippen molar-refractivity contribution in [3.63, 3.8) is 0 Å². The second kappa shape index (κ2) is 17.3. The Morgan fingerprint density at radius 1 is 0.267 bits per heavy atom. The van der Waals surface area contributed by atoms with Crippen molar-refractivity contribution in [1.29, 1.82) is 0 Å². The first kappa shape index (κ1) is 42.5. The summed E-state index contributed by atoms with van der Waals surface area (Å²) in [5.74, 6) is 1.77. The van der Waals surface area contributed by atoms with Gasteiger partial charge in [0, 0.05) is 66.3 Å². The second-order valence-corrected chi connectivity index (χ2v) is 19.1. The summed E-state index contributed by atoms with van der Waals surface area (Å²) < 4.78 is 15.8. The van der Waals surface area contributed by atoms with E-state index in [1.807, 2.05) is 48.5 Å². The number of nitrogens with zero attached hydrogens (tertiary/aromatic N) is 4. The van der Waals surface area contributed by atoms with Crippen LogP contribution in [0.25, 0.3) is 150 Å². The van der Waals surface area contributed by atoms with Crippen molar-refractivity contribution in [3.05, 3.63) is 255 Å². The van der Waals surface area contributed by atoms with Crippen molar-refractivity contribution < 1.29 is 8.83 Å². The Kier molecular flexibility index (Phi) is 9.78. The van der Waals surface area contributed by atoms with E-state index in [0.717, 1.165) is 111 Å². The van der Waals surface area contributed by atoms with Gasteiger partial charge < -0.3 is 13.4 Å². The fourth-order valence-corrected chi connectivity index (χ4v) is 11.0. The van der Waals surface area contributed by atoms with Gasteiger partial charge in [0.25, 0.3) is 0 Å². The third-order valence-corrected chi connectivity index (χ3v) is 14.7. The second-order valence-electron chi connectivity index (χ2n) is 19.1. The molecule has 350 valence electrons. The third-order valence-electron chi connectivity index (χ3n) is 14.7. The van der Waals surface area contributed by atoms with Gasteiger partial charge in [-0.05, 0) is 106 Å². The van der Waals surface area contributed by atoms with Gasteiger partial charge in [0.05, 0.1) is 11.0 Å². The first-order valence-electron chi connectivity index (χ1n) is 25.2. The Labute approximate surface area is 431 Å². The molecule has 0 amide bonds. The summed E-state index contributed by atoms with van der Waals surface area (Å²) in [6.45, 7) is 0. The molecular formula is C69H42N4O2. The van der Waals surface area contributed by atoms with Crippen molar-refractivity contribution >= 4 is 65.7 Å². The zero-order valence-corrected chi connectivity index (χ0v) is 40.4. The summed E-state index contributed by atoms with van der Waals surface area (Å²) >= 11 is 0. The molecule has 0 bridgehead atoms. The van der Waals surface area contributed by atoms with Gasteiger partial charge in [-0.15, -0.1) is 0 Å². The predicted molar refractivity (Wildman–Crippen MR) is 307 cm³/mol. The van der Waals surface area contributed by atoms with Crippen LogP contribution in [0.15, 0.2) is 264 Å². The van der Waals surface area contributed by atoms with Gasteiger partial charge in [-0.25, -0.2) is 15.0 Å². The van der Waals surface area contributed by atoms with Crippen molar-refractivity contribution in [3.8, 4) is 84.4 Å². The van der Waals surface area contributed by atoms with Crippen LogP contribution >= 0.6 is 0 Å². The van der Waals surface area contributed by atoms with Crippen LogP contribution in [0.5, 0.6) is 0 Å². The van der Waals surface area contributed by atoms with Crippen LogP contribution in [0, 0.1) is 0 Å². The number of rotatable bonds is 8. The smallest absolute Gasteiger partial charge is 0.164 e. The van der Waals surface area contributed by atoms with E-state index in [0.29, 0.717) is 17.5 Å². The van der Waals surface area contributed by atoms with Crippen molar-refractivity contribution in [2.45, 2.75) is 0 Å². The maximum atomic E-state index is 6.85. The van der Waals surface area contributed by atoms with Crippen molar-refractivity contribution in [2.24, 2.45) is 0 Å². The SMILES string of the molecule is c1ccc(-c2ccc(-c3nc(-c4ccccc4)nc(-c4ccc(-c5cccc(-c6ccc7oc8cc(-n9c%10ccccc%10c%10cc(-c%11ccccc%11)ccc%109)ccc8c7c6)c5)c5oc6ccccc6c45)n3)cc2)cc1. The summed E-state index contributed by atoms with van der Waals surface area (Å²) in [5, 5.41) is 6.52. The van der Waals surface area contributed by atoms with E-state index in [1.54, 1.807) is 0 Å². The lowest BCUT2D eigenvalue weighted by molar-refractivity contribution is 0.668. The molecule has 0 fully saturated rings. The Morgan fingerprint density at radius 2 is 0.787 bits per heavy atom. The lowest BCUT2D eigenvalue weighted by atomic mass is 9.95. The van der Waals surface area contributed by atoms with Gasteiger partial charge in [-0.2, -0.15) is 0 Å². The van der Waals surface area contributed by atoms with E-state index < -0.39 is 0 Å². The average molecular weight is 959 g/mol. The molecule has 0 N–H and O–H groups in total. The molecule has 15 rings (SSSR count). The summed E-state index contributed by atoms with van der Waals surface area (Å²) in [7, 11) is 0. The maximum absolute atomic E-state index is 6.85. The lowest BCUT2D eigenvalue weighted by Crippen LogP contribution is -2.00. The van der Waals surface area contributed by atoms with Gasteiger partial charge in [0.2, 0.25) is 0 Å². The first-order valence-corrected chi connectivity index (χ1v) is 25.2. The Balaban J connectivity index is 0.813. The fraction of sp³-hybridized carbons (Fsp3) is 0. The summed E-state index contributed by atoms with van der Waals surface area (Å²) in [6.07, 6.45) is 0. The standard InChI is InChI=1S/C69H42N4O2/c1-4-15-43(16-5-1)45-27-29-47(30-28-45)68-70-67(46-19-8-3-9-20-46)71-69(72-68)57-36-35-53(66-65(57)56-24-11-13-26-62(56)75-66)51-22-14-21-48(39-51)50-32-38-63-59(41-50)55-34-33-52(42-64(55)74-63)73-60-25-12-10-23-54(60)58-40-49(31-37-61(58)73)44-17-6-2-7-18-44/h1-42H. The number of aromatic nitrogens is 4. The zero-order valence-electron chi connectivity index (χ0n) is 40.4. The van der Waals surface area contributed by atoms with Crippen LogP contribution < -0.4 is 0 Å². The first-order chi connectivity index (χ1) is 37.1. The molecule has 15 aromatic rings. The average Bonchev–Trinajstić information content (AvgIpc) is 4.18. The van der Waals surface area contributed by atoms with Gasteiger partial charge >= 0.3 is 0 Å². The molecule has 4 heterocycles. The number of hydrogen-bond acceptors (Lipinski definition) is 5. The highest BCUT2D eigenvalue weighted by molar-refractivity contribution is 6.16. The Bertz CT molecular complexity index is 4690. The Hall–Kier alpha value is -10.2. The summed E-state index contributed by atoms with van der Waals surface area (Å²) in [5.41, 5.74) is 18.2. The van der Waals surface area contributed by atoms with E-state index in [4.69, 9.17) is 23.8 Å². The highest BCUT2D eigenvalue weighted by Gasteiger charge is 2.22. The molecule has 4 aromatic heterocycles. The molecule has 11 aromatic carbocycles. The van der Waals surface area contributed by atoms with Gasteiger partial charge in [0.1, 0.15) is 22.3 Å². The predicted octanol–water partition coefficient (Wildman–Crippen LogP) is 18.4. The molecule has 0 saturated carbocycles. The van der Waals surface area contributed by atoms with Crippen LogP contribution in [0.3, 0.4) is 0 Å². The molecule has 6 heteroatoms. The number of fused-ring (bicyclic) bond motifs is 9. The summed E-state index contributed by atoms with van der Waals surface area (Å²) in [6, 6.07) is 89.2. The van der Waals surface area contributed by atoms with Crippen LogP contribution in [0.4, 0.5) is 0 Å². The third kappa shape index (κ3) is 7.22. The van der Waals surface area contributed by atoms with Gasteiger partial charge in [0.15, 0.2) is 17.5 Å². The van der Waals surface area contributed by atoms with Crippen molar-refractivity contribution in [2.75, 3.05) is 0 Å². The zero-order chi connectivity index (χ0) is 49.4. The van der Waals surface area contributed by atoms with Crippen LogP contribution in [0.1, 0.15) is 0 Å². The molecule has 0 atom stereocenters. The minimum Gasteiger partial charge on any atom is -0.456 e. The molecule has 0 saturated heterocycles. The molecular weight excluding hydrogens is 917 g/mol. The van der Waals surface area contributed by atoms with Crippen LogP contribution in [-0.2, 0) is 0 Å². The Morgan fingerprint density at radius 3 is 1.57 bits per heavy atom. The van der Waals surface area contributed by atoms with Crippen molar-refractivity contribution in [1.82, 2.24) is 19.5 Å². The number of para-hydroxylation sites is 2. The minimum absolute atomic E-state index is 0.572. The monoisotopic (exact) mass is 958 g/mol. The minimum atomic E-state index is 0.572. The molecule has 6 nitrogen and oxygen atoms in total. The molecule has 0 aliphatic carbocycles. The van der Waals surface area contributed by atoms with E-state index >= 15 is 0 Å². The largest absolute Gasteiger partial charge is 0.456 e. The molecule has 0 spiro atoms. The van der Waals surface area contributed by atoms with Crippen LogP contribution in [0.2, 0.25) is 0 Å². The molecule has 0 aliphatic heterocycles. The highest BCUT2D eigenvalue weighted by Crippen LogP contribution is 2.44. The van der Waals surface area contributed by atoms with Gasteiger partial charge in [-0.1, -0.05) is 182 Å². The fourth-order valence-electron chi connectivity index (χ4n) is 11.0. The molecule has 0 radical (unpaired) electrons. The van der Waals surface area contributed by atoms with E-state index in [-0.39, 0.29) is 0 Å². The number of hydrogen-bond donors (Lipinski definition) is 0. The number of furan rings is 2. The lowest BCUT2D eigenvalue weighted by Gasteiger charge is -2.12. The maximum Gasteiger partial charge on any atom is 0.164 e. The normalized spacial score (nSPS) is 11.7. The van der Waals surface area contributed by atoms with E-state index in [1.165, 1.54) is 21.9 Å². The van der Waals surface area contributed by atoms with E-state index in [2.05, 4.69) is 211 Å². The quantitative estimate of drug-likeness (QED) is 0.152. The number of benzene rings is 11. The summed E-state index contributed by atoms with van der Waals surface area (Å²) in [4.78, 5) is 15.5. The van der Waals surface area contributed by atoms with E-state index in [9.17, 15) is 0 Å². The molecule has 0 unspecified atom stereocenters. The van der Waals surface area contributed by atoms with Crippen LogP contribution in [-0.4, -0.2) is 19.5 Å². The topological polar surface area (TPSA) is 69.9 Å². The molecule has 75 heavy (non-hydrogen) atoms. The van der Waals surface area contributed by atoms with Gasteiger partial charge in [-0.3, -0.25) is 0 Å². The highest BCUT2D eigenvalue weighted by atomic mass is 16.3. The molecule has 0 aliphatic rings.